The van der Waals surface area contributed by atoms with Crippen molar-refractivity contribution in [1.82, 2.24) is 0 Å². The maximum absolute atomic E-state index is 11.6. The SMILES string of the molecule is COC(=O)CCc1ccc2c(c1O[C@@H]1O[C@H](CO)[C@@H](O)[C@H](O)[C@H]1O)CC(O)C(C)(C)O2. The number of benzene rings is 1. The second-order valence-corrected chi connectivity index (χ2v) is 8.35. The number of hydrogen-bond acceptors (Lipinski definition) is 10. The molecule has 1 unspecified atom stereocenters. The molecule has 1 fully saturated rings. The first-order valence-electron chi connectivity index (χ1n) is 10.1. The number of esters is 1. The summed E-state index contributed by atoms with van der Waals surface area (Å²) in [7, 11) is 1.28. The van der Waals surface area contributed by atoms with E-state index >= 15 is 0 Å². The molecule has 0 radical (unpaired) electrons. The zero-order valence-electron chi connectivity index (χ0n) is 17.7. The van der Waals surface area contributed by atoms with Gasteiger partial charge in [0.05, 0.1) is 19.8 Å². The molecule has 2 aliphatic rings. The van der Waals surface area contributed by atoms with Crippen LogP contribution in [0.15, 0.2) is 12.1 Å². The zero-order valence-corrected chi connectivity index (χ0v) is 17.7. The monoisotopic (exact) mass is 442 g/mol. The van der Waals surface area contributed by atoms with Crippen LogP contribution in [0.25, 0.3) is 0 Å². The molecule has 174 valence electrons. The summed E-state index contributed by atoms with van der Waals surface area (Å²) >= 11 is 0. The van der Waals surface area contributed by atoms with Gasteiger partial charge in [0, 0.05) is 18.4 Å². The number of aryl methyl sites for hydroxylation is 1. The first kappa shape index (κ1) is 23.7. The molecule has 0 bridgehead atoms. The van der Waals surface area contributed by atoms with Gasteiger partial charge in [0.15, 0.2) is 0 Å². The van der Waals surface area contributed by atoms with Crippen molar-refractivity contribution in [3.63, 3.8) is 0 Å². The van der Waals surface area contributed by atoms with E-state index < -0.39 is 55.0 Å². The molecular formula is C21H30O10. The lowest BCUT2D eigenvalue weighted by Gasteiger charge is -2.41. The largest absolute Gasteiger partial charge is 0.485 e. The molecule has 0 saturated carbocycles. The van der Waals surface area contributed by atoms with E-state index in [4.69, 9.17) is 18.9 Å². The van der Waals surface area contributed by atoms with Crippen molar-refractivity contribution in [2.24, 2.45) is 0 Å². The van der Waals surface area contributed by atoms with Crippen molar-refractivity contribution in [3.8, 4) is 11.5 Å². The summed E-state index contributed by atoms with van der Waals surface area (Å²) in [6.07, 6.45) is -7.64. The summed E-state index contributed by atoms with van der Waals surface area (Å²) in [5.41, 5.74) is 0.267. The van der Waals surface area contributed by atoms with Gasteiger partial charge in [0.1, 0.15) is 41.5 Å². The lowest BCUT2D eigenvalue weighted by Crippen LogP contribution is -2.60. The van der Waals surface area contributed by atoms with Gasteiger partial charge in [-0.2, -0.15) is 0 Å². The van der Waals surface area contributed by atoms with Crippen LogP contribution in [0, 0.1) is 0 Å². The van der Waals surface area contributed by atoms with Crippen LogP contribution in [-0.4, -0.2) is 87.6 Å². The molecule has 10 nitrogen and oxygen atoms in total. The number of methoxy groups -OCH3 is 1. The van der Waals surface area contributed by atoms with Crippen molar-refractivity contribution >= 4 is 5.97 Å². The van der Waals surface area contributed by atoms with Gasteiger partial charge in [-0.3, -0.25) is 4.79 Å². The number of carbonyl (C=O) groups excluding carboxylic acids is 1. The highest BCUT2D eigenvalue weighted by Crippen LogP contribution is 2.42. The van der Waals surface area contributed by atoms with Crippen molar-refractivity contribution in [2.45, 2.75) is 75.5 Å². The van der Waals surface area contributed by atoms with Crippen molar-refractivity contribution in [2.75, 3.05) is 13.7 Å². The van der Waals surface area contributed by atoms with Gasteiger partial charge >= 0.3 is 5.97 Å². The number of ether oxygens (including phenoxy) is 4. The van der Waals surface area contributed by atoms with Crippen LogP contribution in [0.4, 0.5) is 0 Å². The Bertz CT molecular complexity index is 793. The topological polar surface area (TPSA) is 155 Å². The van der Waals surface area contributed by atoms with Gasteiger partial charge < -0.3 is 44.5 Å². The third kappa shape index (κ3) is 4.79. The third-order valence-corrected chi connectivity index (χ3v) is 5.78. The summed E-state index contributed by atoms with van der Waals surface area (Å²) < 4.78 is 22.0. The van der Waals surface area contributed by atoms with Gasteiger partial charge in [0.25, 0.3) is 0 Å². The van der Waals surface area contributed by atoms with E-state index in [-0.39, 0.29) is 25.0 Å². The van der Waals surface area contributed by atoms with E-state index in [1.54, 1.807) is 26.0 Å². The second kappa shape index (κ2) is 9.27. The summed E-state index contributed by atoms with van der Waals surface area (Å²) in [5, 5.41) is 50.4. The number of fused-ring (bicyclic) bond motifs is 1. The first-order valence-corrected chi connectivity index (χ1v) is 10.1. The molecule has 0 aromatic heterocycles. The number of hydrogen-bond donors (Lipinski definition) is 5. The molecule has 0 amide bonds. The highest BCUT2D eigenvalue weighted by Gasteiger charge is 2.46. The number of aliphatic hydroxyl groups is 5. The molecule has 0 spiro atoms. The van der Waals surface area contributed by atoms with Crippen LogP contribution in [0.1, 0.15) is 31.4 Å². The lowest BCUT2D eigenvalue weighted by atomic mass is 9.89. The Labute approximate surface area is 179 Å². The Hall–Kier alpha value is -1.95. The van der Waals surface area contributed by atoms with Crippen LogP contribution >= 0.6 is 0 Å². The Balaban J connectivity index is 1.96. The molecule has 1 saturated heterocycles. The Morgan fingerprint density at radius 3 is 2.52 bits per heavy atom. The number of rotatable bonds is 6. The van der Waals surface area contributed by atoms with Gasteiger partial charge in [-0.25, -0.2) is 0 Å². The highest BCUT2D eigenvalue weighted by atomic mass is 16.7. The summed E-state index contributed by atoms with van der Waals surface area (Å²) in [6, 6.07) is 3.42. The average Bonchev–Trinajstić information content (AvgIpc) is 2.73. The maximum Gasteiger partial charge on any atom is 0.305 e. The van der Waals surface area contributed by atoms with E-state index in [0.717, 1.165) is 0 Å². The highest BCUT2D eigenvalue weighted by molar-refractivity contribution is 5.69. The Morgan fingerprint density at radius 2 is 1.87 bits per heavy atom. The van der Waals surface area contributed by atoms with Crippen LogP contribution < -0.4 is 9.47 Å². The predicted octanol–water partition coefficient (Wildman–Crippen LogP) is -0.955. The molecular weight excluding hydrogens is 412 g/mol. The maximum atomic E-state index is 11.6. The number of aliphatic hydroxyl groups excluding tert-OH is 5. The molecule has 1 aromatic carbocycles. The standard InChI is InChI=1S/C21H30O10/c1-21(2)14(23)8-11-12(31-21)6-4-10(5-7-15(24)28-3)19(11)30-20-18(27)17(26)16(25)13(9-22)29-20/h4,6,13-14,16-18,20,22-23,25-27H,5,7-9H2,1-3H3/t13-,14?,16-,17+,18-,20+/m1/s1. The van der Waals surface area contributed by atoms with E-state index in [2.05, 4.69) is 0 Å². The Morgan fingerprint density at radius 1 is 1.16 bits per heavy atom. The smallest absolute Gasteiger partial charge is 0.305 e. The van der Waals surface area contributed by atoms with Crippen molar-refractivity contribution in [3.05, 3.63) is 23.3 Å². The zero-order chi connectivity index (χ0) is 22.9. The molecule has 2 heterocycles. The van der Waals surface area contributed by atoms with Crippen LogP contribution in [0.3, 0.4) is 0 Å². The van der Waals surface area contributed by atoms with E-state index in [1.165, 1.54) is 7.11 Å². The minimum atomic E-state index is -1.60. The normalized spacial score (nSPS) is 32.0. The fourth-order valence-electron chi connectivity index (χ4n) is 3.70. The number of carbonyl (C=O) groups is 1. The van der Waals surface area contributed by atoms with Gasteiger partial charge in [0.2, 0.25) is 6.29 Å². The van der Waals surface area contributed by atoms with Crippen LogP contribution in [0.5, 0.6) is 11.5 Å². The van der Waals surface area contributed by atoms with E-state index in [9.17, 15) is 30.3 Å². The molecule has 3 rings (SSSR count). The fraction of sp³-hybridized carbons (Fsp3) is 0.667. The van der Waals surface area contributed by atoms with Crippen LogP contribution in [-0.2, 0) is 27.1 Å². The van der Waals surface area contributed by atoms with Crippen LogP contribution in [0.2, 0.25) is 0 Å². The first-order chi connectivity index (χ1) is 14.6. The van der Waals surface area contributed by atoms with E-state index in [0.29, 0.717) is 16.9 Å². The molecule has 0 aliphatic carbocycles. The Kier molecular flexibility index (Phi) is 7.09. The molecule has 10 heteroatoms. The van der Waals surface area contributed by atoms with Gasteiger partial charge in [-0.05, 0) is 31.9 Å². The van der Waals surface area contributed by atoms with Crippen molar-refractivity contribution in [1.29, 1.82) is 0 Å². The molecule has 1 aromatic rings. The molecule has 6 atom stereocenters. The summed E-state index contributed by atoms with van der Waals surface area (Å²) in [4.78, 5) is 11.6. The second-order valence-electron chi connectivity index (χ2n) is 8.35. The molecule has 5 N–H and O–H groups in total. The molecule has 2 aliphatic heterocycles. The van der Waals surface area contributed by atoms with Gasteiger partial charge in [-0.15, -0.1) is 0 Å². The minimum Gasteiger partial charge on any atom is -0.485 e. The quantitative estimate of drug-likeness (QED) is 0.348. The third-order valence-electron chi connectivity index (χ3n) is 5.78. The van der Waals surface area contributed by atoms with Crippen molar-refractivity contribution < 1.29 is 49.3 Å². The summed E-state index contributed by atoms with van der Waals surface area (Å²) in [5.74, 6) is 0.283. The predicted molar refractivity (Wildman–Crippen MR) is 106 cm³/mol. The minimum absolute atomic E-state index is 0.0647. The van der Waals surface area contributed by atoms with E-state index in [1.807, 2.05) is 0 Å². The summed E-state index contributed by atoms with van der Waals surface area (Å²) in [6.45, 7) is 2.91. The fourth-order valence-corrected chi connectivity index (χ4v) is 3.70. The van der Waals surface area contributed by atoms with Gasteiger partial charge in [-0.1, -0.05) is 6.07 Å². The lowest BCUT2D eigenvalue weighted by molar-refractivity contribution is -0.277. The molecule has 31 heavy (non-hydrogen) atoms. The average molecular weight is 442 g/mol.